The van der Waals surface area contributed by atoms with E-state index in [1.54, 1.807) is 0 Å². The van der Waals surface area contributed by atoms with Crippen LogP contribution in [0.3, 0.4) is 0 Å². The van der Waals surface area contributed by atoms with Gasteiger partial charge in [-0.15, -0.1) is 0 Å². The minimum atomic E-state index is -1.25. The van der Waals surface area contributed by atoms with Gasteiger partial charge in [0.05, 0.1) is 12.1 Å². The average molecular weight is 615 g/mol. The number of amides is 4. The third kappa shape index (κ3) is 18.8. The number of guanidine groups is 2. The Bertz CT molecular complexity index is 968. The highest BCUT2D eigenvalue weighted by Gasteiger charge is 2.26. The maximum Gasteiger partial charge on any atom is 0.326 e. The number of carboxylic acid groups (broad SMARTS) is 1. The third-order valence-electron chi connectivity index (χ3n) is 6.20. The molecule has 0 aromatic rings. The number of aliphatic carboxylic acids is 1. The van der Waals surface area contributed by atoms with E-state index in [1.165, 1.54) is 13.8 Å². The molecule has 5 atom stereocenters. The monoisotopic (exact) mass is 614 g/mol. The quantitative estimate of drug-likeness (QED) is 0.0316. The zero-order valence-electron chi connectivity index (χ0n) is 25.0. The molecule has 18 heteroatoms. The Morgan fingerprint density at radius 1 is 0.628 bits per heavy atom. The molecule has 246 valence electrons. The zero-order chi connectivity index (χ0) is 32.9. The van der Waals surface area contributed by atoms with Crippen molar-refractivity contribution in [3.8, 4) is 0 Å². The molecule has 0 aliphatic carbocycles. The summed E-state index contributed by atoms with van der Waals surface area (Å²) in [5, 5.41) is 19.4. The van der Waals surface area contributed by atoms with Crippen LogP contribution in [0.25, 0.3) is 0 Å². The van der Waals surface area contributed by atoms with E-state index in [0.717, 1.165) is 0 Å². The number of carboxylic acids is 1. The van der Waals surface area contributed by atoms with E-state index in [1.807, 2.05) is 0 Å². The standard InChI is InChI=1S/C25H50N12O6/c1-14(19(38)35-15(2)20(39)37-18(23(42)43)10-7-13-34-25(30)31)36-22(41)17(27)9-3-5-11-32-21(40)16(26)8-4-6-12-33-24(28)29/h14-18H,3-13,26-27H2,1-2H3,(H,32,40)(H,35,38)(H,36,41)(H,37,39)(H,42,43)(H4,28,29,33)(H4,30,31,34)/t14-,15-,16?,17-,18-/m0/s1. The number of nitrogens with zero attached hydrogens (tertiary/aromatic N) is 2. The molecule has 0 heterocycles. The molecule has 0 aromatic heterocycles. The summed E-state index contributed by atoms with van der Waals surface area (Å²) in [6.45, 7) is 3.85. The summed E-state index contributed by atoms with van der Waals surface area (Å²) < 4.78 is 0. The number of unbranched alkanes of at least 4 members (excludes halogenated alkanes) is 2. The van der Waals surface area contributed by atoms with E-state index in [4.69, 9.17) is 34.4 Å². The van der Waals surface area contributed by atoms with Crippen LogP contribution in [-0.2, 0) is 24.0 Å². The molecule has 0 aliphatic rings. The lowest BCUT2D eigenvalue weighted by Gasteiger charge is -2.21. The fourth-order valence-corrected chi connectivity index (χ4v) is 3.63. The zero-order valence-corrected chi connectivity index (χ0v) is 25.0. The molecule has 1 unspecified atom stereocenters. The van der Waals surface area contributed by atoms with Gasteiger partial charge in [0.2, 0.25) is 23.6 Å². The molecule has 0 spiro atoms. The van der Waals surface area contributed by atoms with E-state index in [0.29, 0.717) is 58.0 Å². The number of aliphatic imine (C=N–C) groups is 2. The summed E-state index contributed by atoms with van der Waals surface area (Å²) in [6.07, 6.45) is 3.71. The highest BCUT2D eigenvalue weighted by molar-refractivity contribution is 5.93. The number of nitrogens with one attached hydrogen (secondary N) is 4. The number of carbonyl (C=O) groups excluding carboxylic acids is 4. The van der Waals surface area contributed by atoms with Crippen molar-refractivity contribution in [3.63, 3.8) is 0 Å². The first-order chi connectivity index (χ1) is 20.1. The lowest BCUT2D eigenvalue weighted by molar-refractivity contribution is -0.142. The van der Waals surface area contributed by atoms with Crippen molar-refractivity contribution in [2.24, 2.45) is 44.4 Å². The fraction of sp³-hybridized carbons (Fsp3) is 0.720. The second-order valence-corrected chi connectivity index (χ2v) is 10.1. The fourth-order valence-electron chi connectivity index (χ4n) is 3.63. The van der Waals surface area contributed by atoms with Crippen LogP contribution < -0.4 is 55.7 Å². The topological polar surface area (TPSA) is 335 Å². The van der Waals surface area contributed by atoms with Gasteiger partial charge in [-0.05, 0) is 65.2 Å². The van der Waals surface area contributed by atoms with Gasteiger partial charge in [-0.2, -0.15) is 0 Å². The van der Waals surface area contributed by atoms with Gasteiger partial charge in [-0.3, -0.25) is 29.2 Å². The van der Waals surface area contributed by atoms with Crippen LogP contribution in [0.4, 0.5) is 0 Å². The van der Waals surface area contributed by atoms with Gasteiger partial charge in [-0.1, -0.05) is 0 Å². The summed E-state index contributed by atoms with van der Waals surface area (Å²) in [4.78, 5) is 68.5. The molecule has 0 saturated heterocycles. The van der Waals surface area contributed by atoms with E-state index in [2.05, 4.69) is 31.3 Å². The van der Waals surface area contributed by atoms with Crippen molar-refractivity contribution in [2.45, 2.75) is 95.4 Å². The first-order valence-electron chi connectivity index (χ1n) is 14.2. The SMILES string of the molecule is C[C@H](NC(=O)[C@H](C)NC(=O)[C@@H](N)CCCCNC(=O)C(N)CCCCN=C(N)N)C(=O)N[C@@H](CCCN=C(N)N)C(=O)O. The van der Waals surface area contributed by atoms with E-state index in [9.17, 15) is 29.1 Å². The van der Waals surface area contributed by atoms with Crippen LogP contribution in [-0.4, -0.2) is 96.5 Å². The van der Waals surface area contributed by atoms with Crippen LogP contribution in [0.2, 0.25) is 0 Å². The molecule has 18 nitrogen and oxygen atoms in total. The van der Waals surface area contributed by atoms with Gasteiger partial charge in [0.25, 0.3) is 0 Å². The molecular weight excluding hydrogens is 564 g/mol. The van der Waals surface area contributed by atoms with Gasteiger partial charge >= 0.3 is 5.97 Å². The lowest BCUT2D eigenvalue weighted by Crippen LogP contribution is -2.55. The van der Waals surface area contributed by atoms with Crippen molar-refractivity contribution in [3.05, 3.63) is 0 Å². The lowest BCUT2D eigenvalue weighted by atomic mass is 10.1. The largest absolute Gasteiger partial charge is 0.480 e. The smallest absolute Gasteiger partial charge is 0.326 e. The van der Waals surface area contributed by atoms with Crippen molar-refractivity contribution in [1.82, 2.24) is 21.3 Å². The van der Waals surface area contributed by atoms with Gasteiger partial charge in [0, 0.05) is 19.6 Å². The Labute approximate surface area is 251 Å². The summed E-state index contributed by atoms with van der Waals surface area (Å²) in [6, 6.07) is -4.82. The van der Waals surface area contributed by atoms with E-state index in [-0.39, 0.29) is 30.8 Å². The predicted octanol–water partition coefficient (Wildman–Crippen LogP) is -4.00. The van der Waals surface area contributed by atoms with Crippen LogP contribution in [0.1, 0.15) is 65.2 Å². The van der Waals surface area contributed by atoms with Crippen LogP contribution in [0.5, 0.6) is 0 Å². The Morgan fingerprint density at radius 2 is 1.09 bits per heavy atom. The van der Waals surface area contributed by atoms with Crippen molar-refractivity contribution in [2.75, 3.05) is 19.6 Å². The average Bonchev–Trinajstić information content (AvgIpc) is 2.92. The van der Waals surface area contributed by atoms with Crippen molar-refractivity contribution in [1.29, 1.82) is 0 Å². The molecule has 17 N–H and O–H groups in total. The normalized spacial score (nSPS) is 14.1. The Hall–Kier alpha value is -4.19. The van der Waals surface area contributed by atoms with E-state index >= 15 is 0 Å². The maximum absolute atomic E-state index is 12.5. The molecule has 0 radical (unpaired) electrons. The highest BCUT2D eigenvalue weighted by Crippen LogP contribution is 2.03. The van der Waals surface area contributed by atoms with Crippen LogP contribution >= 0.6 is 0 Å². The van der Waals surface area contributed by atoms with Gasteiger partial charge in [0.1, 0.15) is 18.1 Å². The summed E-state index contributed by atoms with van der Waals surface area (Å²) in [5.74, 6) is -3.54. The third-order valence-corrected chi connectivity index (χ3v) is 6.20. The van der Waals surface area contributed by atoms with Gasteiger partial charge in [-0.25, -0.2) is 4.79 Å². The number of hydrogen-bond acceptors (Lipinski definition) is 9. The minimum Gasteiger partial charge on any atom is -0.480 e. The molecule has 0 saturated carbocycles. The Balaban J connectivity index is 4.37. The maximum atomic E-state index is 12.5. The predicted molar refractivity (Wildman–Crippen MR) is 162 cm³/mol. The van der Waals surface area contributed by atoms with Crippen LogP contribution in [0.15, 0.2) is 9.98 Å². The second kappa shape index (κ2) is 21.5. The first-order valence-corrected chi connectivity index (χ1v) is 14.2. The number of hydrogen-bond donors (Lipinski definition) is 11. The van der Waals surface area contributed by atoms with E-state index < -0.39 is 53.9 Å². The number of rotatable bonds is 22. The second-order valence-electron chi connectivity index (χ2n) is 10.1. The van der Waals surface area contributed by atoms with Gasteiger partial charge < -0.3 is 60.8 Å². The highest BCUT2D eigenvalue weighted by atomic mass is 16.4. The van der Waals surface area contributed by atoms with Gasteiger partial charge in [0.15, 0.2) is 11.9 Å². The van der Waals surface area contributed by atoms with Crippen LogP contribution in [0, 0.1) is 0 Å². The summed E-state index contributed by atoms with van der Waals surface area (Å²) >= 11 is 0. The molecule has 0 rings (SSSR count). The molecular formula is C25H50N12O6. The van der Waals surface area contributed by atoms with Crippen molar-refractivity contribution < 1.29 is 29.1 Å². The molecule has 43 heavy (non-hydrogen) atoms. The molecule has 0 aromatic carbocycles. The molecule has 4 amide bonds. The number of nitrogens with two attached hydrogens (primary N) is 6. The summed E-state index contributed by atoms with van der Waals surface area (Å²) in [5.41, 5.74) is 32.8. The Morgan fingerprint density at radius 3 is 1.63 bits per heavy atom. The summed E-state index contributed by atoms with van der Waals surface area (Å²) in [7, 11) is 0. The Kier molecular flexibility index (Phi) is 19.4. The molecule has 0 aliphatic heterocycles. The minimum absolute atomic E-state index is 0.0225. The molecule has 0 bridgehead atoms. The molecule has 0 fully saturated rings. The van der Waals surface area contributed by atoms with Crippen molar-refractivity contribution >= 4 is 41.5 Å². The first kappa shape index (κ1) is 38.8. The number of carbonyl (C=O) groups is 5.